The minimum absolute atomic E-state index is 0.0361. The van der Waals surface area contributed by atoms with E-state index >= 15 is 0 Å². The van der Waals surface area contributed by atoms with Crippen molar-refractivity contribution in [3.8, 4) is 5.75 Å². The third-order valence-electron chi connectivity index (χ3n) is 5.97. The van der Waals surface area contributed by atoms with Crippen LogP contribution in [-0.2, 0) is 28.0 Å². The van der Waals surface area contributed by atoms with Crippen LogP contribution in [0.15, 0.2) is 77.3 Å². The maximum atomic E-state index is 14.5. The van der Waals surface area contributed by atoms with E-state index in [-0.39, 0.29) is 30.9 Å². The van der Waals surface area contributed by atoms with Crippen molar-refractivity contribution in [2.75, 3.05) is 13.7 Å². The highest BCUT2D eigenvalue weighted by molar-refractivity contribution is 9.10. The summed E-state index contributed by atoms with van der Waals surface area (Å²) in [7, 11) is 1.52. The van der Waals surface area contributed by atoms with Gasteiger partial charge in [-0.25, -0.2) is 4.39 Å². The molecular formula is C29H32BrFN2O3. The molecule has 0 radical (unpaired) electrons. The molecular weight excluding hydrogens is 523 g/mol. The number of nitrogens with zero attached hydrogens (tertiary/aromatic N) is 1. The molecule has 1 N–H and O–H groups in total. The van der Waals surface area contributed by atoms with Crippen molar-refractivity contribution < 1.29 is 18.7 Å². The van der Waals surface area contributed by atoms with Crippen LogP contribution < -0.4 is 10.1 Å². The third kappa shape index (κ3) is 7.17. The molecule has 0 aromatic heterocycles. The van der Waals surface area contributed by atoms with E-state index in [2.05, 4.69) is 42.0 Å². The molecule has 0 saturated heterocycles. The third-order valence-corrected chi connectivity index (χ3v) is 6.58. The zero-order valence-corrected chi connectivity index (χ0v) is 22.6. The summed E-state index contributed by atoms with van der Waals surface area (Å²) in [6.45, 7) is 5.98. The maximum Gasteiger partial charge on any atom is 0.261 e. The van der Waals surface area contributed by atoms with E-state index in [0.29, 0.717) is 11.3 Å². The van der Waals surface area contributed by atoms with E-state index in [0.717, 1.165) is 15.6 Å². The van der Waals surface area contributed by atoms with Crippen LogP contribution in [-0.4, -0.2) is 36.4 Å². The zero-order chi connectivity index (χ0) is 26.3. The smallest absolute Gasteiger partial charge is 0.261 e. The van der Waals surface area contributed by atoms with Crippen molar-refractivity contribution in [2.24, 2.45) is 0 Å². The summed E-state index contributed by atoms with van der Waals surface area (Å²) in [4.78, 5) is 27.8. The number of carbonyl (C=O) groups is 2. The Kier molecular flexibility index (Phi) is 9.26. The van der Waals surface area contributed by atoms with Gasteiger partial charge in [0.05, 0.1) is 4.47 Å². The molecule has 1 atom stereocenters. The maximum absolute atomic E-state index is 14.5. The first-order valence-electron chi connectivity index (χ1n) is 11.8. The van der Waals surface area contributed by atoms with Gasteiger partial charge >= 0.3 is 0 Å². The lowest BCUT2D eigenvalue weighted by Crippen LogP contribution is -2.51. The number of benzene rings is 3. The fraction of sp³-hybridized carbons (Fsp3) is 0.310. The minimum Gasteiger partial charge on any atom is -0.483 e. The van der Waals surface area contributed by atoms with Crippen molar-refractivity contribution in [3.05, 3.63) is 99.8 Å². The lowest BCUT2D eigenvalue weighted by molar-refractivity contribution is -0.142. The Labute approximate surface area is 220 Å². The molecule has 7 heteroatoms. The van der Waals surface area contributed by atoms with Gasteiger partial charge in [0.15, 0.2) is 6.61 Å². The molecule has 0 heterocycles. The molecule has 5 nitrogen and oxygen atoms in total. The predicted octanol–water partition coefficient (Wildman–Crippen LogP) is 5.65. The predicted molar refractivity (Wildman–Crippen MR) is 143 cm³/mol. The number of carbonyl (C=O) groups excluding carboxylic acids is 2. The average Bonchev–Trinajstić information content (AvgIpc) is 2.85. The van der Waals surface area contributed by atoms with Crippen molar-refractivity contribution >= 4 is 27.7 Å². The molecule has 0 spiro atoms. The fourth-order valence-corrected chi connectivity index (χ4v) is 4.33. The summed E-state index contributed by atoms with van der Waals surface area (Å²) in [5.41, 5.74) is 2.30. The molecule has 0 aliphatic carbocycles. The monoisotopic (exact) mass is 554 g/mol. The lowest BCUT2D eigenvalue weighted by Gasteiger charge is -2.31. The van der Waals surface area contributed by atoms with Gasteiger partial charge in [0.2, 0.25) is 5.91 Å². The van der Waals surface area contributed by atoms with Crippen molar-refractivity contribution in [1.82, 2.24) is 10.2 Å². The van der Waals surface area contributed by atoms with Gasteiger partial charge in [-0.1, -0.05) is 75.4 Å². The van der Waals surface area contributed by atoms with Gasteiger partial charge in [-0.3, -0.25) is 9.59 Å². The zero-order valence-electron chi connectivity index (χ0n) is 21.1. The number of halogens is 2. The molecule has 190 valence electrons. The van der Waals surface area contributed by atoms with E-state index in [9.17, 15) is 14.0 Å². The van der Waals surface area contributed by atoms with Gasteiger partial charge in [0, 0.05) is 25.6 Å². The molecule has 0 saturated carbocycles. The molecule has 36 heavy (non-hydrogen) atoms. The highest BCUT2D eigenvalue weighted by atomic mass is 79.9. The molecule has 3 aromatic carbocycles. The molecule has 0 bridgehead atoms. The van der Waals surface area contributed by atoms with Gasteiger partial charge in [0.1, 0.15) is 17.6 Å². The number of hydrogen-bond donors (Lipinski definition) is 1. The first kappa shape index (κ1) is 27.4. The summed E-state index contributed by atoms with van der Waals surface area (Å²) in [5.74, 6) is -0.678. The molecule has 0 aliphatic rings. The van der Waals surface area contributed by atoms with E-state index in [1.807, 2.05) is 48.5 Å². The van der Waals surface area contributed by atoms with Gasteiger partial charge in [-0.15, -0.1) is 0 Å². The second-order valence-electron chi connectivity index (χ2n) is 9.62. The Bertz CT molecular complexity index is 1190. The molecule has 1 unspecified atom stereocenters. The van der Waals surface area contributed by atoms with Crippen molar-refractivity contribution in [1.29, 1.82) is 0 Å². The normalized spacial score (nSPS) is 12.1. The van der Waals surface area contributed by atoms with Crippen molar-refractivity contribution in [3.63, 3.8) is 0 Å². The van der Waals surface area contributed by atoms with E-state index < -0.39 is 17.8 Å². The van der Waals surface area contributed by atoms with Crippen LogP contribution in [0.1, 0.15) is 37.5 Å². The van der Waals surface area contributed by atoms with Crippen LogP contribution in [0.4, 0.5) is 4.39 Å². The van der Waals surface area contributed by atoms with E-state index in [1.165, 1.54) is 18.0 Å². The average molecular weight is 555 g/mol. The number of amides is 2. The quantitative estimate of drug-likeness (QED) is 0.371. The van der Waals surface area contributed by atoms with Crippen LogP contribution in [0.25, 0.3) is 0 Å². The molecule has 2 amide bonds. The van der Waals surface area contributed by atoms with Crippen LogP contribution >= 0.6 is 15.9 Å². The number of rotatable bonds is 9. The molecule has 3 rings (SSSR count). The van der Waals surface area contributed by atoms with E-state index in [1.54, 1.807) is 18.2 Å². The van der Waals surface area contributed by atoms with E-state index in [4.69, 9.17) is 4.74 Å². The second kappa shape index (κ2) is 12.2. The van der Waals surface area contributed by atoms with Crippen molar-refractivity contribution in [2.45, 2.75) is 45.2 Å². The summed E-state index contributed by atoms with van der Waals surface area (Å²) in [6, 6.07) is 20.6. The molecule has 3 aromatic rings. The largest absolute Gasteiger partial charge is 0.483 e. The van der Waals surface area contributed by atoms with Crippen LogP contribution in [0.3, 0.4) is 0 Å². The summed E-state index contributed by atoms with van der Waals surface area (Å²) < 4.78 is 21.1. The molecule has 0 fully saturated rings. The lowest BCUT2D eigenvalue weighted by atomic mass is 9.87. The van der Waals surface area contributed by atoms with Crippen LogP contribution in [0.5, 0.6) is 5.75 Å². The second-order valence-corrected chi connectivity index (χ2v) is 10.5. The number of nitrogens with one attached hydrogen (secondary N) is 1. The van der Waals surface area contributed by atoms with Crippen LogP contribution in [0.2, 0.25) is 0 Å². The number of hydrogen-bond acceptors (Lipinski definition) is 3. The number of likely N-dealkylation sites (N-methyl/N-ethyl adjacent to an activating group) is 1. The Hall–Kier alpha value is -3.19. The first-order chi connectivity index (χ1) is 17.1. The Morgan fingerprint density at radius 3 is 2.31 bits per heavy atom. The SMILES string of the molecule is CNC(=O)C(Cc1ccccc1)N(Cc1ccccc1F)C(=O)COc1ccc(C(C)(C)C)cc1Br. The van der Waals surface area contributed by atoms with Crippen LogP contribution in [0, 0.1) is 5.82 Å². The summed E-state index contributed by atoms with van der Waals surface area (Å²) in [5, 5.41) is 2.65. The standard InChI is InChI=1S/C29H32BrFN2O3/c1-29(2,3)22-14-15-26(23(30)17-22)36-19-27(34)33(18-21-12-8-9-13-24(21)31)25(28(35)32-4)16-20-10-6-5-7-11-20/h5-15,17,25H,16,18-19H2,1-4H3,(H,32,35). The fourth-order valence-electron chi connectivity index (χ4n) is 3.84. The first-order valence-corrected chi connectivity index (χ1v) is 12.6. The van der Waals surface area contributed by atoms with Gasteiger partial charge in [-0.05, 0) is 50.7 Å². The highest BCUT2D eigenvalue weighted by Crippen LogP contribution is 2.31. The minimum atomic E-state index is -0.847. The molecule has 0 aliphatic heterocycles. The summed E-state index contributed by atoms with van der Waals surface area (Å²) in [6.07, 6.45) is 0.282. The number of ether oxygens (including phenoxy) is 1. The Morgan fingerprint density at radius 2 is 1.69 bits per heavy atom. The highest BCUT2D eigenvalue weighted by Gasteiger charge is 2.31. The van der Waals surface area contributed by atoms with Gasteiger partial charge in [0.25, 0.3) is 5.91 Å². The van der Waals surface area contributed by atoms with Gasteiger partial charge in [-0.2, -0.15) is 0 Å². The Morgan fingerprint density at radius 1 is 1.03 bits per heavy atom. The topological polar surface area (TPSA) is 58.6 Å². The Balaban J connectivity index is 1.88. The summed E-state index contributed by atoms with van der Waals surface area (Å²) >= 11 is 3.53. The van der Waals surface area contributed by atoms with Gasteiger partial charge < -0.3 is 15.0 Å².